The summed E-state index contributed by atoms with van der Waals surface area (Å²) in [6.07, 6.45) is 0.739. The number of anilines is 1. The lowest BCUT2D eigenvalue weighted by molar-refractivity contribution is -0.147. The highest BCUT2D eigenvalue weighted by Gasteiger charge is 2.55. The summed E-state index contributed by atoms with van der Waals surface area (Å²) in [6, 6.07) is 1.67. The molecule has 2 fully saturated rings. The Morgan fingerprint density at radius 1 is 1.27 bits per heavy atom. The van der Waals surface area contributed by atoms with Gasteiger partial charge in [-0.25, -0.2) is 0 Å². The van der Waals surface area contributed by atoms with Crippen molar-refractivity contribution in [2.75, 3.05) is 5.32 Å². The van der Waals surface area contributed by atoms with Gasteiger partial charge in [0.05, 0.1) is 24.0 Å². The number of carboxylic acids is 1. The van der Waals surface area contributed by atoms with Gasteiger partial charge in [-0.05, 0) is 12.8 Å². The average Bonchev–Trinajstić information content (AvgIpc) is 3.11. The van der Waals surface area contributed by atoms with Crippen LogP contribution in [0.5, 0.6) is 0 Å². The second-order valence-electron chi connectivity index (χ2n) is 7.00. The van der Waals surface area contributed by atoms with Crippen LogP contribution in [0, 0.1) is 11.8 Å². The quantitative estimate of drug-likeness (QED) is 0.882. The number of fused-ring (bicyclic) bond motifs is 2. The number of carbonyl (C=O) groups excluding carboxylic acids is 1. The van der Waals surface area contributed by atoms with Crippen molar-refractivity contribution in [1.29, 1.82) is 0 Å². The molecule has 2 N–H and O–H groups in total. The molecular weight excluding hydrogens is 288 g/mol. The van der Waals surface area contributed by atoms with Crippen LogP contribution >= 0.6 is 0 Å². The van der Waals surface area contributed by atoms with Crippen molar-refractivity contribution in [3.63, 3.8) is 0 Å². The second-order valence-corrected chi connectivity index (χ2v) is 7.00. The summed E-state index contributed by atoms with van der Waals surface area (Å²) in [5.41, 5.74) is -0.213. The lowest BCUT2D eigenvalue weighted by atomic mass is 9.79. The van der Waals surface area contributed by atoms with Gasteiger partial charge in [0.2, 0.25) is 5.91 Å². The van der Waals surface area contributed by atoms with Crippen LogP contribution in [0.15, 0.2) is 10.6 Å². The number of aromatic nitrogens is 1. The Kier molecular flexibility index (Phi) is 3.47. The van der Waals surface area contributed by atoms with Crippen LogP contribution in [0.1, 0.15) is 39.4 Å². The van der Waals surface area contributed by atoms with Crippen molar-refractivity contribution in [2.24, 2.45) is 11.8 Å². The predicted molar refractivity (Wildman–Crippen MR) is 76.3 cm³/mol. The number of nitrogens with zero attached hydrogens (tertiary/aromatic N) is 1. The molecule has 7 heteroatoms. The fourth-order valence-corrected chi connectivity index (χ4v) is 3.22. The number of carboxylic acid groups (broad SMARTS) is 1. The molecule has 0 aromatic carbocycles. The molecule has 0 radical (unpaired) electrons. The van der Waals surface area contributed by atoms with Crippen molar-refractivity contribution in [1.82, 2.24) is 5.16 Å². The lowest BCUT2D eigenvalue weighted by Gasteiger charge is -2.23. The molecule has 0 spiro atoms. The SMILES string of the molecule is CC(C)(C)c1cc(NC(=O)[C@@H]2[C@@H](C(=O)O)[C@@H]3CC[C@@H]2O3)no1. The molecule has 0 unspecified atom stereocenters. The number of hydrogen-bond donors (Lipinski definition) is 2. The monoisotopic (exact) mass is 308 g/mol. The van der Waals surface area contributed by atoms with Gasteiger partial charge < -0.3 is 19.7 Å². The van der Waals surface area contributed by atoms with E-state index in [9.17, 15) is 14.7 Å². The summed E-state index contributed by atoms with van der Waals surface area (Å²) in [4.78, 5) is 23.8. The molecule has 2 bridgehead atoms. The smallest absolute Gasteiger partial charge is 0.310 e. The Morgan fingerprint density at radius 3 is 2.45 bits per heavy atom. The Balaban J connectivity index is 1.74. The number of aliphatic carboxylic acids is 1. The number of carbonyl (C=O) groups is 2. The van der Waals surface area contributed by atoms with Gasteiger partial charge in [0.1, 0.15) is 5.76 Å². The van der Waals surface area contributed by atoms with Crippen LogP contribution in [0.2, 0.25) is 0 Å². The first-order chi connectivity index (χ1) is 10.3. The minimum atomic E-state index is -0.983. The first-order valence-corrected chi connectivity index (χ1v) is 7.43. The van der Waals surface area contributed by atoms with Crippen LogP contribution in [0.4, 0.5) is 5.82 Å². The van der Waals surface area contributed by atoms with Gasteiger partial charge in [-0.15, -0.1) is 0 Å². The maximum Gasteiger partial charge on any atom is 0.310 e. The molecule has 1 aromatic rings. The lowest BCUT2D eigenvalue weighted by Crippen LogP contribution is -2.41. The molecule has 2 aliphatic rings. The van der Waals surface area contributed by atoms with Gasteiger partial charge in [0.25, 0.3) is 0 Å². The van der Waals surface area contributed by atoms with E-state index in [1.165, 1.54) is 0 Å². The van der Waals surface area contributed by atoms with E-state index < -0.39 is 17.8 Å². The van der Waals surface area contributed by atoms with Crippen LogP contribution in [0.3, 0.4) is 0 Å². The summed E-state index contributed by atoms with van der Waals surface area (Å²) in [6.45, 7) is 5.93. The normalized spacial score (nSPS) is 30.5. The fourth-order valence-electron chi connectivity index (χ4n) is 3.22. The van der Waals surface area contributed by atoms with E-state index in [1.807, 2.05) is 20.8 Å². The molecule has 1 aromatic heterocycles. The molecule has 120 valence electrons. The maximum atomic E-state index is 12.4. The minimum Gasteiger partial charge on any atom is -0.481 e. The van der Waals surface area contributed by atoms with Gasteiger partial charge in [0, 0.05) is 11.5 Å². The van der Waals surface area contributed by atoms with Crippen LogP contribution < -0.4 is 5.32 Å². The predicted octanol–water partition coefficient (Wildman–Crippen LogP) is 1.79. The Hall–Kier alpha value is -1.89. The van der Waals surface area contributed by atoms with Crippen molar-refractivity contribution in [2.45, 2.75) is 51.2 Å². The molecule has 3 heterocycles. The first kappa shape index (κ1) is 15.0. The largest absolute Gasteiger partial charge is 0.481 e. The number of ether oxygens (including phenoxy) is 1. The van der Waals surface area contributed by atoms with Crippen molar-refractivity contribution < 1.29 is 24.0 Å². The Morgan fingerprint density at radius 2 is 1.91 bits per heavy atom. The average molecular weight is 308 g/mol. The summed E-state index contributed by atoms with van der Waals surface area (Å²) >= 11 is 0. The van der Waals surface area contributed by atoms with Crippen LogP contribution in [-0.2, 0) is 19.7 Å². The zero-order chi connectivity index (χ0) is 16.1. The highest BCUT2D eigenvalue weighted by atomic mass is 16.5. The van der Waals surface area contributed by atoms with E-state index >= 15 is 0 Å². The van der Waals surface area contributed by atoms with Gasteiger partial charge >= 0.3 is 5.97 Å². The maximum absolute atomic E-state index is 12.4. The van der Waals surface area contributed by atoms with Crippen molar-refractivity contribution >= 4 is 17.7 Å². The van der Waals surface area contributed by atoms with Crippen LogP contribution in [0.25, 0.3) is 0 Å². The van der Waals surface area contributed by atoms with E-state index in [0.717, 1.165) is 6.42 Å². The molecular formula is C15H20N2O5. The molecule has 0 aliphatic carbocycles. The molecule has 2 saturated heterocycles. The van der Waals surface area contributed by atoms with E-state index in [2.05, 4.69) is 10.5 Å². The van der Waals surface area contributed by atoms with E-state index in [0.29, 0.717) is 18.0 Å². The summed E-state index contributed by atoms with van der Waals surface area (Å²) in [7, 11) is 0. The van der Waals surface area contributed by atoms with Gasteiger partial charge in [0.15, 0.2) is 5.82 Å². The zero-order valence-corrected chi connectivity index (χ0v) is 12.8. The minimum absolute atomic E-state index is 0.213. The van der Waals surface area contributed by atoms with Crippen molar-refractivity contribution in [3.05, 3.63) is 11.8 Å². The third-order valence-corrected chi connectivity index (χ3v) is 4.36. The zero-order valence-electron chi connectivity index (χ0n) is 12.8. The third kappa shape index (κ3) is 2.49. The van der Waals surface area contributed by atoms with Gasteiger partial charge in [-0.2, -0.15) is 0 Å². The molecule has 2 aliphatic heterocycles. The highest BCUT2D eigenvalue weighted by molar-refractivity contribution is 5.95. The topological polar surface area (TPSA) is 102 Å². The second kappa shape index (κ2) is 5.08. The van der Waals surface area contributed by atoms with Crippen LogP contribution in [-0.4, -0.2) is 34.3 Å². The van der Waals surface area contributed by atoms with E-state index in [1.54, 1.807) is 6.07 Å². The third-order valence-electron chi connectivity index (χ3n) is 4.36. The summed E-state index contributed by atoms with van der Waals surface area (Å²) < 4.78 is 10.8. The summed E-state index contributed by atoms with van der Waals surface area (Å²) in [5.74, 6) is -1.85. The number of amides is 1. The fraction of sp³-hybridized carbons (Fsp3) is 0.667. The van der Waals surface area contributed by atoms with Crippen molar-refractivity contribution in [3.8, 4) is 0 Å². The Bertz CT molecular complexity index is 603. The molecule has 22 heavy (non-hydrogen) atoms. The van der Waals surface area contributed by atoms with E-state index in [-0.39, 0.29) is 23.5 Å². The molecule has 7 nitrogen and oxygen atoms in total. The molecule has 4 atom stereocenters. The van der Waals surface area contributed by atoms with Gasteiger partial charge in [-0.1, -0.05) is 25.9 Å². The number of rotatable bonds is 3. The highest BCUT2D eigenvalue weighted by Crippen LogP contribution is 2.44. The number of hydrogen-bond acceptors (Lipinski definition) is 5. The summed E-state index contributed by atoms with van der Waals surface area (Å²) in [5, 5.41) is 15.8. The molecule has 3 rings (SSSR count). The van der Waals surface area contributed by atoms with E-state index in [4.69, 9.17) is 9.26 Å². The molecule has 0 saturated carbocycles. The molecule has 1 amide bonds. The number of nitrogens with one attached hydrogen (secondary N) is 1. The standard InChI is InChI=1S/C15H20N2O5/c1-15(2,3)9-6-10(17-22-9)16-13(18)11-7-4-5-8(21-7)12(11)14(19)20/h6-8,11-12H,4-5H2,1-3H3,(H,19,20)(H,16,17,18)/t7-,8-,11-,12-/m0/s1. The Labute approximate surface area is 128 Å². The van der Waals surface area contributed by atoms with Gasteiger partial charge in [-0.3, -0.25) is 9.59 Å². The first-order valence-electron chi connectivity index (χ1n) is 7.43.